The zero-order chi connectivity index (χ0) is 16.4. The van der Waals surface area contributed by atoms with Crippen LogP contribution in [0.4, 0.5) is 0 Å². The number of aliphatic carboxylic acids is 1. The predicted octanol–water partition coefficient (Wildman–Crippen LogP) is 1.77. The lowest BCUT2D eigenvalue weighted by molar-refractivity contribution is -0.138. The fourth-order valence-electron chi connectivity index (χ4n) is 1.66. The van der Waals surface area contributed by atoms with Crippen molar-refractivity contribution in [3.05, 3.63) is 16.3 Å². The van der Waals surface area contributed by atoms with Crippen LogP contribution in [0.5, 0.6) is 0 Å². The van der Waals surface area contributed by atoms with E-state index in [1.807, 2.05) is 13.8 Å². The zero-order valence-corrected chi connectivity index (χ0v) is 14.0. The van der Waals surface area contributed by atoms with Gasteiger partial charge >= 0.3 is 5.97 Å². The summed E-state index contributed by atoms with van der Waals surface area (Å²) in [6.07, 6.45) is 0.861. The van der Waals surface area contributed by atoms with Crippen molar-refractivity contribution in [2.24, 2.45) is 5.92 Å². The molecule has 0 aliphatic heterocycles. The predicted molar refractivity (Wildman–Crippen MR) is 80.4 cm³/mol. The number of carboxylic acid groups (broad SMARTS) is 1. The molecule has 0 aromatic carbocycles. The molecular formula is C13H19NO5S2. The number of thiophene rings is 1. The first kappa shape index (κ1) is 17.6. The average Bonchev–Trinajstić information content (AvgIpc) is 2.75. The third-order valence-corrected chi connectivity index (χ3v) is 5.59. The number of hydrogen-bond acceptors (Lipinski definition) is 5. The first-order valence-corrected chi connectivity index (χ1v) is 9.05. The molecule has 1 atom stereocenters. The maximum absolute atomic E-state index is 12.2. The Bertz CT molecular complexity index is 647. The van der Waals surface area contributed by atoms with Gasteiger partial charge in [-0.3, -0.25) is 9.59 Å². The number of carboxylic acids is 1. The summed E-state index contributed by atoms with van der Waals surface area (Å²) in [5, 5.41) is 13.1. The molecule has 0 aliphatic rings. The van der Waals surface area contributed by atoms with E-state index in [0.29, 0.717) is 0 Å². The molecule has 1 rings (SSSR count). The Balaban J connectivity index is 2.98. The molecule has 6 nitrogen and oxygen atoms in total. The van der Waals surface area contributed by atoms with Crippen LogP contribution in [0.25, 0.3) is 0 Å². The van der Waals surface area contributed by atoms with Crippen molar-refractivity contribution in [2.75, 3.05) is 6.26 Å². The van der Waals surface area contributed by atoms with E-state index in [1.54, 1.807) is 6.92 Å². The van der Waals surface area contributed by atoms with E-state index >= 15 is 0 Å². The molecule has 8 heteroatoms. The van der Waals surface area contributed by atoms with Gasteiger partial charge in [-0.2, -0.15) is 0 Å². The summed E-state index contributed by atoms with van der Waals surface area (Å²) in [6, 6.07) is 1.30. The Labute approximate surface area is 128 Å². The number of nitrogens with one attached hydrogen (secondary N) is 1. The van der Waals surface area contributed by atoms with Crippen LogP contribution in [0.15, 0.2) is 16.3 Å². The second-order valence-corrected chi connectivity index (χ2v) is 8.44. The molecule has 1 unspecified atom stereocenters. The average molecular weight is 333 g/mol. The molecule has 0 bridgehead atoms. The lowest BCUT2D eigenvalue weighted by Crippen LogP contribution is -2.51. The van der Waals surface area contributed by atoms with Gasteiger partial charge in [-0.05, 0) is 18.9 Å². The smallest absolute Gasteiger partial charge is 0.305 e. The molecule has 0 aliphatic carbocycles. The highest BCUT2D eigenvalue weighted by Gasteiger charge is 2.33. The normalized spacial score (nSPS) is 14.7. The van der Waals surface area contributed by atoms with Crippen molar-refractivity contribution >= 4 is 33.1 Å². The monoisotopic (exact) mass is 333 g/mol. The number of sulfone groups is 1. The first-order valence-electron chi connectivity index (χ1n) is 6.28. The topological polar surface area (TPSA) is 101 Å². The van der Waals surface area contributed by atoms with Crippen molar-refractivity contribution < 1.29 is 23.1 Å². The molecule has 1 amide bonds. The number of rotatable bonds is 6. The maximum atomic E-state index is 12.2. The van der Waals surface area contributed by atoms with Gasteiger partial charge in [0, 0.05) is 11.6 Å². The minimum atomic E-state index is -3.36. The summed E-state index contributed by atoms with van der Waals surface area (Å²) >= 11 is 1.02. The van der Waals surface area contributed by atoms with Crippen LogP contribution in [0, 0.1) is 5.92 Å². The summed E-state index contributed by atoms with van der Waals surface area (Å²) in [7, 11) is -3.36. The molecule has 118 valence electrons. The van der Waals surface area contributed by atoms with E-state index in [0.717, 1.165) is 17.6 Å². The van der Waals surface area contributed by atoms with E-state index in [-0.39, 0.29) is 22.1 Å². The molecular weight excluding hydrogens is 314 g/mol. The lowest BCUT2D eigenvalue weighted by atomic mass is 9.85. The summed E-state index contributed by atoms with van der Waals surface area (Å²) < 4.78 is 22.8. The fraction of sp³-hybridized carbons (Fsp3) is 0.538. The van der Waals surface area contributed by atoms with Crippen LogP contribution in [-0.4, -0.2) is 37.2 Å². The van der Waals surface area contributed by atoms with Gasteiger partial charge in [0.15, 0.2) is 9.84 Å². The third kappa shape index (κ3) is 4.53. The fourth-order valence-corrected chi connectivity index (χ4v) is 3.57. The highest BCUT2D eigenvalue weighted by Crippen LogP contribution is 2.24. The van der Waals surface area contributed by atoms with Gasteiger partial charge in [0.05, 0.1) is 21.7 Å². The van der Waals surface area contributed by atoms with Gasteiger partial charge < -0.3 is 10.4 Å². The minimum absolute atomic E-state index is 0.0853. The molecule has 1 heterocycles. The largest absolute Gasteiger partial charge is 0.481 e. The Morgan fingerprint density at radius 3 is 2.38 bits per heavy atom. The Morgan fingerprint density at radius 2 is 2.00 bits per heavy atom. The van der Waals surface area contributed by atoms with E-state index in [4.69, 9.17) is 5.11 Å². The quantitative estimate of drug-likeness (QED) is 0.826. The van der Waals surface area contributed by atoms with Gasteiger partial charge in [-0.25, -0.2) is 8.42 Å². The molecule has 0 spiro atoms. The zero-order valence-electron chi connectivity index (χ0n) is 12.3. The van der Waals surface area contributed by atoms with Gasteiger partial charge in [-0.15, -0.1) is 11.3 Å². The van der Waals surface area contributed by atoms with Crippen molar-refractivity contribution in [1.82, 2.24) is 5.32 Å². The van der Waals surface area contributed by atoms with E-state index in [2.05, 4.69) is 5.32 Å². The molecule has 0 saturated heterocycles. The highest BCUT2D eigenvalue weighted by atomic mass is 32.2. The lowest BCUT2D eigenvalue weighted by Gasteiger charge is -2.33. The second kappa shape index (κ2) is 6.15. The van der Waals surface area contributed by atoms with Gasteiger partial charge in [0.1, 0.15) is 0 Å². The molecule has 0 saturated carbocycles. The number of carbonyl (C=O) groups is 2. The molecule has 1 aromatic heterocycles. The van der Waals surface area contributed by atoms with Crippen LogP contribution in [0.2, 0.25) is 0 Å². The second-order valence-electron chi connectivity index (χ2n) is 5.52. The van der Waals surface area contributed by atoms with Crippen molar-refractivity contribution in [2.45, 2.75) is 37.6 Å². The summed E-state index contributed by atoms with van der Waals surface area (Å²) in [6.45, 7) is 5.30. The Hall–Kier alpha value is -1.41. The highest BCUT2D eigenvalue weighted by molar-refractivity contribution is 7.90. The van der Waals surface area contributed by atoms with Crippen LogP contribution in [0.1, 0.15) is 36.9 Å². The Morgan fingerprint density at radius 1 is 1.43 bits per heavy atom. The van der Waals surface area contributed by atoms with Crippen LogP contribution in [0.3, 0.4) is 0 Å². The van der Waals surface area contributed by atoms with Crippen molar-refractivity contribution in [3.63, 3.8) is 0 Å². The number of amides is 1. The maximum Gasteiger partial charge on any atom is 0.305 e. The minimum Gasteiger partial charge on any atom is -0.481 e. The summed E-state index contributed by atoms with van der Waals surface area (Å²) in [4.78, 5) is 23.5. The molecule has 0 radical (unpaired) electrons. The Kier molecular flexibility index (Phi) is 5.16. The van der Waals surface area contributed by atoms with Gasteiger partial charge in [-0.1, -0.05) is 13.8 Å². The molecule has 2 N–H and O–H groups in total. The van der Waals surface area contributed by atoms with E-state index in [9.17, 15) is 18.0 Å². The standard InChI is InChI=1S/C13H19NO5S2/c1-8(2)13(3,6-11(15)16)14-12(17)10-5-9(7-20-10)21(4,18)19/h5,7-8H,6H2,1-4H3,(H,14,17)(H,15,16). The SMILES string of the molecule is CC(C)C(C)(CC(=O)O)NC(=O)c1cc(S(C)(=O)=O)cs1. The first-order chi connectivity index (χ1) is 9.45. The van der Waals surface area contributed by atoms with E-state index < -0.39 is 27.3 Å². The summed E-state index contributed by atoms with van der Waals surface area (Å²) in [5.74, 6) is -1.56. The summed E-state index contributed by atoms with van der Waals surface area (Å²) in [5.41, 5.74) is -0.905. The third-order valence-electron chi connectivity index (χ3n) is 3.42. The van der Waals surface area contributed by atoms with Gasteiger partial charge in [0.25, 0.3) is 5.91 Å². The molecule has 21 heavy (non-hydrogen) atoms. The van der Waals surface area contributed by atoms with Crippen LogP contribution < -0.4 is 5.32 Å². The molecule has 0 fully saturated rings. The molecule has 1 aromatic rings. The number of carbonyl (C=O) groups excluding carboxylic acids is 1. The van der Waals surface area contributed by atoms with Crippen molar-refractivity contribution in [1.29, 1.82) is 0 Å². The van der Waals surface area contributed by atoms with Crippen molar-refractivity contribution in [3.8, 4) is 0 Å². The van der Waals surface area contributed by atoms with E-state index in [1.165, 1.54) is 11.4 Å². The number of hydrogen-bond donors (Lipinski definition) is 2. The van der Waals surface area contributed by atoms with Gasteiger partial charge in [0.2, 0.25) is 0 Å². The van der Waals surface area contributed by atoms with Crippen LogP contribution >= 0.6 is 11.3 Å². The van der Waals surface area contributed by atoms with Crippen LogP contribution in [-0.2, 0) is 14.6 Å².